The molecule has 0 radical (unpaired) electrons. The Morgan fingerprint density at radius 1 is 0.951 bits per heavy atom. The van der Waals surface area contributed by atoms with Crippen molar-refractivity contribution < 1.29 is 24.1 Å². The van der Waals surface area contributed by atoms with Crippen LogP contribution in [0, 0.1) is 0 Å². The Morgan fingerprint density at radius 3 is 2.10 bits per heavy atom. The van der Waals surface area contributed by atoms with Crippen molar-refractivity contribution in [3.8, 4) is 11.5 Å². The zero-order valence-corrected chi connectivity index (χ0v) is 25.8. The van der Waals surface area contributed by atoms with Crippen molar-refractivity contribution in [1.29, 1.82) is 0 Å². The monoisotopic (exact) mass is 619 g/mol. The third-order valence-electron chi connectivity index (χ3n) is 6.74. The Hall–Kier alpha value is -2.64. The van der Waals surface area contributed by atoms with E-state index in [2.05, 4.69) is 0 Å². The zero-order valence-electron chi connectivity index (χ0n) is 23.5. The van der Waals surface area contributed by atoms with Gasteiger partial charge in [0.05, 0.1) is 6.04 Å². The number of carbonyl (C=O) groups is 1. The molecule has 9 heteroatoms. The summed E-state index contributed by atoms with van der Waals surface area (Å²) in [5.74, 6) is 1.26. The molecule has 1 N–H and O–H groups in total. The van der Waals surface area contributed by atoms with Gasteiger partial charge in [0.15, 0.2) is 0 Å². The summed E-state index contributed by atoms with van der Waals surface area (Å²) < 4.78 is 16.5. The Bertz CT molecular complexity index is 1290. The predicted molar refractivity (Wildman–Crippen MR) is 163 cm³/mol. The molecule has 0 aliphatic carbocycles. The standard InChI is InChI=1S/C32H36Cl3NO5/c1-31(2,3)41-30(38)36-17-16-24-18-25(39-20-22-10-6-4-7-11-22)19-27(40-21-23-12-8-5-9-13-23)29(24)26(36)14-15-28(37)32(33,34)35/h4-13,18-19,26,28,37H,14-17,20-21H2,1-3H3/t26-,28+/m0/s1. The molecular weight excluding hydrogens is 585 g/mol. The van der Waals surface area contributed by atoms with E-state index < -0.39 is 27.6 Å². The fourth-order valence-corrected chi connectivity index (χ4v) is 5.12. The second-order valence-electron chi connectivity index (χ2n) is 11.1. The summed E-state index contributed by atoms with van der Waals surface area (Å²) >= 11 is 17.9. The first-order chi connectivity index (χ1) is 19.4. The molecule has 1 aliphatic heterocycles. The first-order valence-electron chi connectivity index (χ1n) is 13.7. The van der Waals surface area contributed by atoms with Gasteiger partial charge in [-0.25, -0.2) is 4.79 Å². The second-order valence-corrected chi connectivity index (χ2v) is 13.5. The van der Waals surface area contributed by atoms with Crippen LogP contribution < -0.4 is 9.47 Å². The lowest BCUT2D eigenvalue weighted by atomic mass is 9.88. The lowest BCUT2D eigenvalue weighted by molar-refractivity contribution is 0.0111. The van der Waals surface area contributed by atoms with Gasteiger partial charge in [0.2, 0.25) is 3.79 Å². The molecule has 0 saturated carbocycles. The van der Waals surface area contributed by atoms with Gasteiger partial charge in [-0.05, 0) is 62.8 Å². The van der Waals surface area contributed by atoms with Gasteiger partial charge in [0.1, 0.15) is 36.4 Å². The minimum atomic E-state index is -1.85. The van der Waals surface area contributed by atoms with Crippen LogP contribution in [0.3, 0.4) is 0 Å². The third kappa shape index (κ3) is 8.92. The fraction of sp³-hybridized carbons (Fsp3) is 0.406. The zero-order chi connectivity index (χ0) is 29.6. The molecule has 0 unspecified atom stereocenters. The van der Waals surface area contributed by atoms with Gasteiger partial charge in [-0.15, -0.1) is 0 Å². The number of alkyl halides is 3. The van der Waals surface area contributed by atoms with Crippen LogP contribution in [-0.4, -0.2) is 38.1 Å². The number of ether oxygens (including phenoxy) is 3. The van der Waals surface area contributed by atoms with Crippen molar-refractivity contribution in [3.05, 3.63) is 95.1 Å². The average molecular weight is 621 g/mol. The highest BCUT2D eigenvalue weighted by molar-refractivity contribution is 6.68. The number of carbonyl (C=O) groups excluding carboxylic acids is 1. The van der Waals surface area contributed by atoms with E-state index in [9.17, 15) is 9.90 Å². The Morgan fingerprint density at radius 2 is 1.54 bits per heavy atom. The van der Waals surface area contributed by atoms with Gasteiger partial charge >= 0.3 is 6.09 Å². The van der Waals surface area contributed by atoms with Gasteiger partial charge < -0.3 is 24.2 Å². The summed E-state index contributed by atoms with van der Waals surface area (Å²) in [6, 6.07) is 23.2. The van der Waals surface area contributed by atoms with Crippen LogP contribution >= 0.6 is 34.8 Å². The minimum absolute atomic E-state index is 0.143. The molecule has 0 aromatic heterocycles. The molecule has 0 spiro atoms. The molecule has 41 heavy (non-hydrogen) atoms. The lowest BCUT2D eigenvalue weighted by Gasteiger charge is -2.39. The Balaban J connectivity index is 1.71. The molecule has 2 atom stereocenters. The molecule has 4 rings (SSSR count). The van der Waals surface area contributed by atoms with E-state index >= 15 is 0 Å². The van der Waals surface area contributed by atoms with E-state index in [1.54, 1.807) is 4.90 Å². The van der Waals surface area contributed by atoms with E-state index in [1.165, 1.54) is 0 Å². The highest BCUT2D eigenvalue weighted by atomic mass is 35.6. The maximum atomic E-state index is 13.4. The molecule has 3 aromatic carbocycles. The van der Waals surface area contributed by atoms with Gasteiger partial charge in [-0.3, -0.25) is 0 Å². The second kappa shape index (κ2) is 13.6. The van der Waals surface area contributed by atoms with E-state index in [1.807, 2.05) is 93.6 Å². The Labute approximate surface area is 257 Å². The van der Waals surface area contributed by atoms with E-state index in [0.717, 1.165) is 22.3 Å². The van der Waals surface area contributed by atoms with Crippen LogP contribution in [0.25, 0.3) is 0 Å². The molecular formula is C32H36Cl3NO5. The molecule has 3 aromatic rings. The highest BCUT2D eigenvalue weighted by Gasteiger charge is 2.38. The third-order valence-corrected chi connectivity index (χ3v) is 7.49. The lowest BCUT2D eigenvalue weighted by Crippen LogP contribution is -2.43. The summed E-state index contributed by atoms with van der Waals surface area (Å²) in [4.78, 5) is 15.1. The summed E-state index contributed by atoms with van der Waals surface area (Å²) in [6.07, 6.45) is -0.629. The van der Waals surface area contributed by atoms with Gasteiger partial charge in [-0.1, -0.05) is 95.5 Å². The first-order valence-corrected chi connectivity index (χ1v) is 14.8. The van der Waals surface area contributed by atoms with Crippen LogP contribution in [0.4, 0.5) is 4.79 Å². The van der Waals surface area contributed by atoms with Gasteiger partial charge in [0.25, 0.3) is 0 Å². The number of nitrogens with zero attached hydrogens (tertiary/aromatic N) is 1. The molecule has 0 fully saturated rings. The molecule has 6 nitrogen and oxygen atoms in total. The number of hydrogen-bond donors (Lipinski definition) is 1. The number of amides is 1. The van der Waals surface area contributed by atoms with Crippen LogP contribution in [0.15, 0.2) is 72.8 Å². The van der Waals surface area contributed by atoms with Crippen LogP contribution in [0.2, 0.25) is 0 Å². The van der Waals surface area contributed by atoms with E-state index in [-0.39, 0.29) is 6.42 Å². The highest BCUT2D eigenvalue weighted by Crippen LogP contribution is 2.44. The minimum Gasteiger partial charge on any atom is -0.489 e. The number of benzene rings is 3. The topological polar surface area (TPSA) is 68.2 Å². The van der Waals surface area contributed by atoms with Crippen LogP contribution in [-0.2, 0) is 24.4 Å². The van der Waals surface area contributed by atoms with Crippen molar-refractivity contribution in [2.75, 3.05) is 6.54 Å². The predicted octanol–water partition coefficient (Wildman–Crippen LogP) is 8.19. The normalized spacial score (nSPS) is 16.1. The maximum Gasteiger partial charge on any atom is 0.410 e. The molecule has 0 saturated heterocycles. The van der Waals surface area contributed by atoms with Crippen molar-refractivity contribution in [1.82, 2.24) is 4.90 Å². The number of aliphatic hydroxyl groups is 1. The smallest absolute Gasteiger partial charge is 0.410 e. The molecule has 1 heterocycles. The Kier molecular flexibility index (Phi) is 10.3. The van der Waals surface area contributed by atoms with E-state index in [0.29, 0.717) is 44.1 Å². The largest absolute Gasteiger partial charge is 0.489 e. The number of halogens is 3. The molecule has 220 valence electrons. The van der Waals surface area contributed by atoms with Gasteiger partial charge in [-0.2, -0.15) is 0 Å². The summed E-state index contributed by atoms with van der Waals surface area (Å²) in [5, 5.41) is 10.5. The SMILES string of the molecule is CC(C)(C)OC(=O)N1CCc2cc(OCc3ccccc3)cc(OCc3ccccc3)c2[C@@H]1CC[C@@H](O)C(Cl)(Cl)Cl. The van der Waals surface area contributed by atoms with Crippen molar-refractivity contribution in [2.24, 2.45) is 0 Å². The summed E-state index contributed by atoms with van der Waals surface area (Å²) in [7, 11) is 0. The number of fused-ring (bicyclic) bond motifs is 1. The average Bonchev–Trinajstić information content (AvgIpc) is 2.92. The molecule has 1 amide bonds. The van der Waals surface area contributed by atoms with Crippen molar-refractivity contribution in [2.45, 2.75) is 74.8 Å². The molecule has 1 aliphatic rings. The van der Waals surface area contributed by atoms with Crippen LogP contribution in [0.1, 0.15) is 61.9 Å². The summed E-state index contributed by atoms with van der Waals surface area (Å²) in [5.41, 5.74) is 3.20. The maximum absolute atomic E-state index is 13.4. The first kappa shape index (κ1) is 31.3. The number of aliphatic hydroxyl groups excluding tert-OH is 1. The van der Waals surface area contributed by atoms with Crippen molar-refractivity contribution >= 4 is 40.9 Å². The molecule has 0 bridgehead atoms. The number of hydrogen-bond acceptors (Lipinski definition) is 5. The van der Waals surface area contributed by atoms with Crippen LogP contribution in [0.5, 0.6) is 11.5 Å². The quantitative estimate of drug-likeness (QED) is 0.244. The van der Waals surface area contributed by atoms with Gasteiger partial charge in [0, 0.05) is 18.2 Å². The fourth-order valence-electron chi connectivity index (χ4n) is 4.79. The van der Waals surface area contributed by atoms with Crippen molar-refractivity contribution in [3.63, 3.8) is 0 Å². The number of rotatable bonds is 9. The van der Waals surface area contributed by atoms with E-state index in [4.69, 9.17) is 49.0 Å². The summed E-state index contributed by atoms with van der Waals surface area (Å²) in [6.45, 7) is 6.63.